The van der Waals surface area contributed by atoms with Crippen molar-refractivity contribution in [1.29, 1.82) is 0 Å². The number of carbonyl (C=O) groups excluding carboxylic acids is 2. The first-order chi connectivity index (χ1) is 12.0. The van der Waals surface area contributed by atoms with Crippen LogP contribution in [0, 0.1) is 13.8 Å². The van der Waals surface area contributed by atoms with Gasteiger partial charge in [-0.15, -0.1) is 11.3 Å². The SMILES string of the molecule is Cc1csc(Sc2ccc(NC(=O)CCN3CCOC3=O)c(C)c2)n1. The second-order valence-electron chi connectivity index (χ2n) is 5.73. The number of aryl methyl sites for hydroxylation is 2. The molecule has 25 heavy (non-hydrogen) atoms. The molecular weight excluding hydrogens is 358 g/mol. The van der Waals surface area contributed by atoms with Crippen LogP contribution in [-0.2, 0) is 9.53 Å². The van der Waals surface area contributed by atoms with Gasteiger partial charge < -0.3 is 15.0 Å². The Labute approximate surface area is 154 Å². The summed E-state index contributed by atoms with van der Waals surface area (Å²) in [5, 5.41) is 4.93. The number of aromatic nitrogens is 1. The van der Waals surface area contributed by atoms with Crippen LogP contribution in [0.15, 0.2) is 32.8 Å². The Morgan fingerprint density at radius 2 is 2.28 bits per heavy atom. The van der Waals surface area contributed by atoms with Gasteiger partial charge in [0.05, 0.1) is 6.54 Å². The zero-order chi connectivity index (χ0) is 17.8. The lowest BCUT2D eigenvalue weighted by Crippen LogP contribution is -2.28. The van der Waals surface area contributed by atoms with Crippen molar-refractivity contribution < 1.29 is 14.3 Å². The number of carbonyl (C=O) groups is 2. The van der Waals surface area contributed by atoms with Gasteiger partial charge in [-0.25, -0.2) is 9.78 Å². The largest absolute Gasteiger partial charge is 0.448 e. The Morgan fingerprint density at radius 3 is 2.92 bits per heavy atom. The molecule has 1 aliphatic heterocycles. The fourth-order valence-corrected chi connectivity index (χ4v) is 4.31. The summed E-state index contributed by atoms with van der Waals surface area (Å²) < 4.78 is 5.85. The second kappa shape index (κ2) is 7.88. The first-order valence-electron chi connectivity index (χ1n) is 7.93. The number of thiazole rings is 1. The Balaban J connectivity index is 1.55. The van der Waals surface area contributed by atoms with Gasteiger partial charge in [-0.3, -0.25) is 4.79 Å². The van der Waals surface area contributed by atoms with Crippen molar-refractivity contribution in [2.45, 2.75) is 29.5 Å². The van der Waals surface area contributed by atoms with Gasteiger partial charge in [-0.1, -0.05) is 11.8 Å². The molecule has 8 heteroatoms. The maximum atomic E-state index is 12.1. The molecular formula is C17H19N3O3S2. The summed E-state index contributed by atoms with van der Waals surface area (Å²) in [5.74, 6) is -0.112. The van der Waals surface area contributed by atoms with Gasteiger partial charge in [0.1, 0.15) is 6.61 Å². The highest BCUT2D eigenvalue weighted by molar-refractivity contribution is 8.01. The van der Waals surface area contributed by atoms with Crippen molar-refractivity contribution in [3.8, 4) is 0 Å². The minimum absolute atomic E-state index is 0.112. The molecule has 0 radical (unpaired) electrons. The smallest absolute Gasteiger partial charge is 0.409 e. The highest BCUT2D eigenvalue weighted by atomic mass is 32.2. The molecule has 1 aliphatic rings. The van der Waals surface area contributed by atoms with Crippen molar-refractivity contribution in [2.24, 2.45) is 0 Å². The summed E-state index contributed by atoms with van der Waals surface area (Å²) in [4.78, 5) is 30.5. The van der Waals surface area contributed by atoms with Gasteiger partial charge in [-0.2, -0.15) is 0 Å². The van der Waals surface area contributed by atoms with Gasteiger partial charge in [0, 0.05) is 34.6 Å². The topological polar surface area (TPSA) is 71.5 Å². The lowest BCUT2D eigenvalue weighted by molar-refractivity contribution is -0.116. The molecule has 2 aromatic rings. The van der Waals surface area contributed by atoms with Crippen LogP contribution in [0.1, 0.15) is 17.7 Å². The van der Waals surface area contributed by atoms with Crippen LogP contribution in [0.2, 0.25) is 0 Å². The van der Waals surface area contributed by atoms with Gasteiger partial charge in [0.2, 0.25) is 5.91 Å². The monoisotopic (exact) mass is 377 g/mol. The predicted molar refractivity (Wildman–Crippen MR) is 98.3 cm³/mol. The van der Waals surface area contributed by atoms with Crippen molar-refractivity contribution >= 4 is 40.8 Å². The molecule has 0 bridgehead atoms. The van der Waals surface area contributed by atoms with E-state index < -0.39 is 0 Å². The molecule has 6 nitrogen and oxygen atoms in total. The van der Waals surface area contributed by atoms with Gasteiger partial charge in [0.25, 0.3) is 0 Å². The van der Waals surface area contributed by atoms with Crippen molar-refractivity contribution in [2.75, 3.05) is 25.0 Å². The summed E-state index contributed by atoms with van der Waals surface area (Å²) in [5.41, 5.74) is 2.80. The van der Waals surface area contributed by atoms with Crippen LogP contribution in [0.25, 0.3) is 0 Å². The number of hydrogen-bond donors (Lipinski definition) is 1. The van der Waals surface area contributed by atoms with Crippen molar-refractivity contribution in [1.82, 2.24) is 9.88 Å². The molecule has 1 saturated heterocycles. The van der Waals surface area contributed by atoms with E-state index in [9.17, 15) is 9.59 Å². The molecule has 1 aromatic heterocycles. The number of cyclic esters (lactones) is 1. The summed E-state index contributed by atoms with van der Waals surface area (Å²) in [6, 6.07) is 5.91. The van der Waals surface area contributed by atoms with E-state index >= 15 is 0 Å². The zero-order valence-electron chi connectivity index (χ0n) is 14.1. The van der Waals surface area contributed by atoms with Crippen molar-refractivity contribution in [3.05, 3.63) is 34.8 Å². The van der Waals surface area contributed by atoms with E-state index in [0.29, 0.717) is 19.7 Å². The third-order valence-corrected chi connectivity index (χ3v) is 5.77. The quantitative estimate of drug-likeness (QED) is 0.831. The standard InChI is InChI=1S/C17H19N3O3S2/c1-11-9-13(25-16-18-12(2)10-24-16)3-4-14(11)19-15(21)5-6-20-7-8-23-17(20)22/h3-4,9-10H,5-8H2,1-2H3,(H,19,21). The van der Waals surface area contributed by atoms with E-state index in [4.69, 9.17) is 4.74 Å². The normalized spacial score (nSPS) is 13.8. The lowest BCUT2D eigenvalue weighted by Gasteiger charge is -2.13. The number of amides is 2. The van der Waals surface area contributed by atoms with Gasteiger partial charge in [0.15, 0.2) is 4.34 Å². The first-order valence-corrected chi connectivity index (χ1v) is 9.63. The second-order valence-corrected chi connectivity index (χ2v) is 7.91. The Hall–Kier alpha value is -2.06. The number of rotatable bonds is 6. The Kier molecular flexibility index (Phi) is 5.60. The zero-order valence-corrected chi connectivity index (χ0v) is 15.7. The minimum Gasteiger partial charge on any atom is -0.448 e. The molecule has 0 unspecified atom stereocenters. The highest BCUT2D eigenvalue weighted by Gasteiger charge is 2.22. The predicted octanol–water partition coefficient (Wildman–Crippen LogP) is 3.69. The average Bonchev–Trinajstić information content (AvgIpc) is 3.16. The molecule has 1 aromatic carbocycles. The molecule has 132 valence electrons. The number of hydrogen-bond acceptors (Lipinski definition) is 6. The Morgan fingerprint density at radius 1 is 1.44 bits per heavy atom. The van der Waals surface area contributed by atoms with Crippen LogP contribution in [0.5, 0.6) is 0 Å². The van der Waals surface area contributed by atoms with Gasteiger partial charge >= 0.3 is 6.09 Å². The fourth-order valence-electron chi connectivity index (χ4n) is 2.40. The molecule has 1 N–H and O–H groups in total. The fraction of sp³-hybridized carbons (Fsp3) is 0.353. The van der Waals surface area contributed by atoms with Crippen molar-refractivity contribution in [3.63, 3.8) is 0 Å². The maximum absolute atomic E-state index is 12.1. The lowest BCUT2D eigenvalue weighted by atomic mass is 10.2. The van der Waals surface area contributed by atoms with Crippen LogP contribution in [0.4, 0.5) is 10.5 Å². The molecule has 2 heterocycles. The molecule has 2 amide bonds. The minimum atomic E-state index is -0.345. The first kappa shape index (κ1) is 17.8. The van der Waals surface area contributed by atoms with E-state index in [1.54, 1.807) is 28.0 Å². The maximum Gasteiger partial charge on any atom is 0.409 e. The molecule has 3 rings (SSSR count). The summed E-state index contributed by atoms with van der Waals surface area (Å²) in [6.07, 6.45) is -0.0912. The molecule has 0 saturated carbocycles. The van der Waals surface area contributed by atoms with E-state index in [-0.39, 0.29) is 18.4 Å². The summed E-state index contributed by atoms with van der Waals surface area (Å²) in [7, 11) is 0. The van der Waals surface area contributed by atoms with E-state index in [1.165, 1.54) is 0 Å². The van der Waals surface area contributed by atoms with Crippen LogP contribution >= 0.6 is 23.1 Å². The third-order valence-electron chi connectivity index (χ3n) is 3.73. The molecule has 1 fully saturated rings. The third kappa shape index (κ3) is 4.73. The number of ether oxygens (including phenoxy) is 1. The summed E-state index contributed by atoms with van der Waals surface area (Å²) in [6.45, 7) is 5.27. The van der Waals surface area contributed by atoms with Gasteiger partial charge in [-0.05, 0) is 37.6 Å². The van der Waals surface area contributed by atoms with Crippen LogP contribution in [-0.4, -0.2) is 41.6 Å². The van der Waals surface area contributed by atoms with E-state index in [2.05, 4.69) is 10.3 Å². The van der Waals surface area contributed by atoms with E-state index in [0.717, 1.165) is 26.2 Å². The Bertz CT molecular complexity index is 791. The average molecular weight is 377 g/mol. The van der Waals surface area contributed by atoms with E-state index in [1.807, 2.05) is 37.4 Å². The number of nitrogens with zero attached hydrogens (tertiary/aromatic N) is 2. The van der Waals surface area contributed by atoms with Crippen LogP contribution < -0.4 is 5.32 Å². The highest BCUT2D eigenvalue weighted by Crippen LogP contribution is 2.32. The van der Waals surface area contributed by atoms with Crippen LogP contribution in [0.3, 0.4) is 0 Å². The molecule has 0 atom stereocenters. The molecule has 0 spiro atoms. The number of nitrogens with one attached hydrogen (secondary N) is 1. The number of anilines is 1. The molecule has 0 aliphatic carbocycles. The summed E-state index contributed by atoms with van der Waals surface area (Å²) >= 11 is 3.24. The number of benzene rings is 1.